The summed E-state index contributed by atoms with van der Waals surface area (Å²) in [7, 11) is -3.68. The molecule has 2 rings (SSSR count). The molecule has 1 saturated heterocycles. The van der Waals surface area contributed by atoms with Crippen LogP contribution in [0.3, 0.4) is 0 Å². The lowest BCUT2D eigenvalue weighted by Gasteiger charge is -2.33. The molecule has 0 bridgehead atoms. The van der Waals surface area contributed by atoms with Gasteiger partial charge in [-0.05, 0) is 57.9 Å². The maximum atomic E-state index is 12.3. The van der Waals surface area contributed by atoms with E-state index in [1.807, 2.05) is 0 Å². The number of carbonyl (C=O) groups is 2. The third-order valence-electron chi connectivity index (χ3n) is 4.36. The van der Waals surface area contributed by atoms with Crippen molar-refractivity contribution >= 4 is 21.9 Å². The van der Waals surface area contributed by atoms with E-state index < -0.39 is 32.9 Å². The standard InChI is InChI=1S/C18H26N2O6S/c1-17(2,3)20-27(24,25)14-6-4-13(5-7-14)15(21)19-12-18(16(22)23)8-10-26-11-9-18/h4-7,20H,8-12H2,1-3H3,(H,19,21)(H,22,23). The highest BCUT2D eigenvalue weighted by molar-refractivity contribution is 7.89. The molecule has 0 spiro atoms. The van der Waals surface area contributed by atoms with Gasteiger partial charge in [-0.1, -0.05) is 0 Å². The molecule has 1 aliphatic rings. The first kappa shape index (κ1) is 21.3. The number of carbonyl (C=O) groups excluding carboxylic acids is 1. The number of amides is 1. The molecule has 0 radical (unpaired) electrons. The highest BCUT2D eigenvalue weighted by Gasteiger charge is 2.40. The summed E-state index contributed by atoms with van der Waals surface area (Å²) in [5.74, 6) is -1.41. The number of benzene rings is 1. The highest BCUT2D eigenvalue weighted by atomic mass is 32.2. The minimum absolute atomic E-state index is 0.00381. The predicted octanol–water partition coefficient (Wildman–Crippen LogP) is 1.37. The van der Waals surface area contributed by atoms with Gasteiger partial charge >= 0.3 is 5.97 Å². The summed E-state index contributed by atoms with van der Waals surface area (Å²) in [5, 5.41) is 12.2. The van der Waals surface area contributed by atoms with Crippen molar-refractivity contribution in [1.29, 1.82) is 0 Å². The Morgan fingerprint density at radius 2 is 1.70 bits per heavy atom. The average molecular weight is 398 g/mol. The van der Waals surface area contributed by atoms with E-state index in [4.69, 9.17) is 4.74 Å². The first-order valence-corrected chi connectivity index (χ1v) is 10.2. The molecule has 27 heavy (non-hydrogen) atoms. The highest BCUT2D eigenvalue weighted by Crippen LogP contribution is 2.30. The van der Waals surface area contributed by atoms with Crippen molar-refractivity contribution < 1.29 is 27.9 Å². The second-order valence-electron chi connectivity index (χ2n) is 7.76. The van der Waals surface area contributed by atoms with E-state index in [-0.39, 0.29) is 17.0 Å². The van der Waals surface area contributed by atoms with Crippen LogP contribution < -0.4 is 10.0 Å². The van der Waals surface area contributed by atoms with E-state index in [0.717, 1.165) is 0 Å². The molecule has 0 aliphatic carbocycles. The monoisotopic (exact) mass is 398 g/mol. The zero-order valence-corrected chi connectivity index (χ0v) is 16.6. The molecule has 1 heterocycles. The number of nitrogens with one attached hydrogen (secondary N) is 2. The zero-order valence-electron chi connectivity index (χ0n) is 15.7. The molecular weight excluding hydrogens is 372 g/mol. The van der Waals surface area contributed by atoms with E-state index in [0.29, 0.717) is 26.1 Å². The fraction of sp³-hybridized carbons (Fsp3) is 0.556. The lowest BCUT2D eigenvalue weighted by Crippen LogP contribution is -2.46. The Morgan fingerprint density at radius 1 is 1.15 bits per heavy atom. The van der Waals surface area contributed by atoms with E-state index in [1.165, 1.54) is 24.3 Å². The quantitative estimate of drug-likeness (QED) is 0.665. The van der Waals surface area contributed by atoms with Crippen LogP contribution in [0.2, 0.25) is 0 Å². The van der Waals surface area contributed by atoms with Crippen LogP contribution in [0.1, 0.15) is 44.0 Å². The third-order valence-corrected chi connectivity index (χ3v) is 6.13. The molecule has 0 saturated carbocycles. The molecule has 8 nitrogen and oxygen atoms in total. The smallest absolute Gasteiger partial charge is 0.311 e. The van der Waals surface area contributed by atoms with Gasteiger partial charge in [0, 0.05) is 30.9 Å². The molecule has 1 aromatic rings. The van der Waals surface area contributed by atoms with Crippen LogP contribution in [0.4, 0.5) is 0 Å². The number of ether oxygens (including phenoxy) is 1. The summed E-state index contributed by atoms with van der Waals surface area (Å²) in [6, 6.07) is 5.52. The second-order valence-corrected chi connectivity index (χ2v) is 9.44. The van der Waals surface area contributed by atoms with Gasteiger partial charge in [0.2, 0.25) is 10.0 Å². The first-order chi connectivity index (χ1) is 12.5. The van der Waals surface area contributed by atoms with Gasteiger partial charge in [-0.2, -0.15) is 0 Å². The fourth-order valence-electron chi connectivity index (χ4n) is 2.83. The summed E-state index contributed by atoms with van der Waals surface area (Å²) >= 11 is 0. The Kier molecular flexibility index (Phi) is 6.28. The number of hydrogen-bond acceptors (Lipinski definition) is 5. The van der Waals surface area contributed by atoms with Crippen molar-refractivity contribution in [3.05, 3.63) is 29.8 Å². The molecule has 1 aromatic carbocycles. The number of carboxylic acid groups (broad SMARTS) is 1. The number of carboxylic acids is 1. The van der Waals surface area contributed by atoms with Crippen LogP contribution in [-0.4, -0.2) is 50.7 Å². The summed E-state index contributed by atoms with van der Waals surface area (Å²) in [5.41, 5.74) is -1.39. The van der Waals surface area contributed by atoms with Crippen LogP contribution in [0, 0.1) is 5.41 Å². The van der Waals surface area contributed by atoms with Crippen LogP contribution >= 0.6 is 0 Å². The largest absolute Gasteiger partial charge is 0.481 e. The molecular formula is C18H26N2O6S. The van der Waals surface area contributed by atoms with Crippen molar-refractivity contribution in [2.75, 3.05) is 19.8 Å². The molecule has 150 valence electrons. The topological polar surface area (TPSA) is 122 Å². The molecule has 3 N–H and O–H groups in total. The molecule has 0 aromatic heterocycles. The van der Waals surface area contributed by atoms with Crippen molar-refractivity contribution in [2.24, 2.45) is 5.41 Å². The fourth-order valence-corrected chi connectivity index (χ4v) is 4.25. The lowest BCUT2D eigenvalue weighted by atomic mass is 9.80. The molecule has 0 unspecified atom stereocenters. The zero-order chi connectivity index (χ0) is 20.3. The summed E-state index contributed by atoms with van der Waals surface area (Å²) in [4.78, 5) is 24.0. The van der Waals surface area contributed by atoms with Crippen molar-refractivity contribution in [3.8, 4) is 0 Å². The Labute approximate surface area is 159 Å². The van der Waals surface area contributed by atoms with Gasteiger partial charge in [0.1, 0.15) is 0 Å². The van der Waals surface area contributed by atoms with Crippen LogP contribution in [0.25, 0.3) is 0 Å². The normalized spacial score (nSPS) is 17.3. The Balaban J connectivity index is 2.06. The second kappa shape index (κ2) is 7.95. The third kappa shape index (κ3) is 5.50. The molecule has 9 heteroatoms. The van der Waals surface area contributed by atoms with Gasteiger partial charge in [-0.25, -0.2) is 13.1 Å². The average Bonchev–Trinajstić information content (AvgIpc) is 2.58. The number of sulfonamides is 1. The van der Waals surface area contributed by atoms with E-state index in [9.17, 15) is 23.1 Å². The van der Waals surface area contributed by atoms with E-state index in [2.05, 4.69) is 10.0 Å². The Morgan fingerprint density at radius 3 is 2.19 bits per heavy atom. The maximum absolute atomic E-state index is 12.3. The molecule has 1 fully saturated rings. The van der Waals surface area contributed by atoms with Gasteiger partial charge in [-0.15, -0.1) is 0 Å². The van der Waals surface area contributed by atoms with Crippen molar-refractivity contribution in [1.82, 2.24) is 10.0 Å². The lowest BCUT2D eigenvalue weighted by molar-refractivity contribution is -0.154. The van der Waals surface area contributed by atoms with Gasteiger partial charge in [-0.3, -0.25) is 9.59 Å². The summed E-state index contributed by atoms with van der Waals surface area (Å²) in [6.07, 6.45) is 0.663. The maximum Gasteiger partial charge on any atom is 0.311 e. The number of rotatable bonds is 6. The molecule has 0 atom stereocenters. The van der Waals surface area contributed by atoms with Crippen molar-refractivity contribution in [2.45, 2.75) is 44.0 Å². The Hall–Kier alpha value is -1.97. The molecule has 1 amide bonds. The van der Waals surface area contributed by atoms with Crippen LogP contribution in [-0.2, 0) is 19.6 Å². The minimum Gasteiger partial charge on any atom is -0.481 e. The Bertz CT molecular complexity index is 790. The summed E-state index contributed by atoms with van der Waals surface area (Å²) < 4.78 is 32.3. The van der Waals surface area contributed by atoms with E-state index in [1.54, 1.807) is 20.8 Å². The molecule has 1 aliphatic heterocycles. The van der Waals surface area contributed by atoms with E-state index >= 15 is 0 Å². The SMILES string of the molecule is CC(C)(C)NS(=O)(=O)c1ccc(C(=O)NCC2(C(=O)O)CCOCC2)cc1. The van der Waals surface area contributed by atoms with Crippen LogP contribution in [0.5, 0.6) is 0 Å². The van der Waals surface area contributed by atoms with Gasteiger partial charge < -0.3 is 15.2 Å². The van der Waals surface area contributed by atoms with Crippen molar-refractivity contribution in [3.63, 3.8) is 0 Å². The first-order valence-electron chi connectivity index (χ1n) is 8.69. The minimum atomic E-state index is -3.68. The van der Waals surface area contributed by atoms with Gasteiger partial charge in [0.05, 0.1) is 10.3 Å². The van der Waals surface area contributed by atoms with Gasteiger partial charge in [0.15, 0.2) is 0 Å². The number of hydrogen-bond donors (Lipinski definition) is 3. The summed E-state index contributed by atoms with van der Waals surface area (Å²) in [6.45, 7) is 5.89. The van der Waals surface area contributed by atoms with Crippen LogP contribution in [0.15, 0.2) is 29.2 Å². The number of aliphatic carboxylic acids is 1. The predicted molar refractivity (Wildman–Crippen MR) is 99.0 cm³/mol. The van der Waals surface area contributed by atoms with Gasteiger partial charge in [0.25, 0.3) is 5.91 Å².